The molecule has 0 aliphatic rings. The van der Waals surface area contributed by atoms with E-state index in [1.807, 2.05) is 67.6 Å². The number of urea groups is 1. The van der Waals surface area contributed by atoms with Crippen molar-refractivity contribution in [2.24, 2.45) is 7.05 Å². The van der Waals surface area contributed by atoms with Crippen LogP contribution in [0.5, 0.6) is 0 Å². The van der Waals surface area contributed by atoms with Crippen LogP contribution >= 0.6 is 15.9 Å². The number of anilines is 1. The van der Waals surface area contributed by atoms with Gasteiger partial charge in [-0.1, -0.05) is 71.4 Å². The number of fused-ring (bicyclic) bond motifs is 1. The van der Waals surface area contributed by atoms with E-state index in [2.05, 4.69) is 33.4 Å². The first kappa shape index (κ1) is 23.7. The molecule has 1 atom stereocenters. The van der Waals surface area contributed by atoms with Crippen molar-refractivity contribution in [3.05, 3.63) is 105 Å². The van der Waals surface area contributed by atoms with Crippen molar-refractivity contribution in [2.45, 2.75) is 25.8 Å². The zero-order valence-corrected chi connectivity index (χ0v) is 20.8. The van der Waals surface area contributed by atoms with E-state index in [9.17, 15) is 9.59 Å². The van der Waals surface area contributed by atoms with Crippen LogP contribution < -0.4 is 10.9 Å². The fourth-order valence-corrected chi connectivity index (χ4v) is 4.53. The highest BCUT2D eigenvalue weighted by molar-refractivity contribution is 9.10. The summed E-state index contributed by atoms with van der Waals surface area (Å²) in [6.45, 7) is 2.49. The highest BCUT2D eigenvalue weighted by atomic mass is 79.9. The first-order valence-electron chi connectivity index (χ1n) is 11.3. The van der Waals surface area contributed by atoms with Crippen molar-refractivity contribution in [3.8, 4) is 0 Å². The summed E-state index contributed by atoms with van der Waals surface area (Å²) in [5, 5.41) is 3.58. The molecule has 0 fully saturated rings. The molecule has 4 rings (SSSR count). The van der Waals surface area contributed by atoms with Crippen molar-refractivity contribution in [1.29, 1.82) is 0 Å². The maximum atomic E-state index is 13.6. The summed E-state index contributed by atoms with van der Waals surface area (Å²) in [5.74, 6) is 0.573. The van der Waals surface area contributed by atoms with Crippen LogP contribution in [0.1, 0.15) is 30.8 Å². The number of para-hydroxylation sites is 1. The number of nitrogens with one attached hydrogen (secondary N) is 1. The Morgan fingerprint density at radius 2 is 1.79 bits per heavy atom. The van der Waals surface area contributed by atoms with Gasteiger partial charge in [0, 0.05) is 23.8 Å². The Bertz CT molecular complexity index is 1350. The third-order valence-corrected chi connectivity index (χ3v) is 6.39. The van der Waals surface area contributed by atoms with Crippen molar-refractivity contribution in [2.75, 3.05) is 11.9 Å². The fraction of sp³-hybridized carbons (Fsp3) is 0.222. The molecular formula is C27H27BrN4O2. The van der Waals surface area contributed by atoms with Crippen molar-refractivity contribution >= 4 is 38.6 Å². The van der Waals surface area contributed by atoms with Gasteiger partial charge in [0.25, 0.3) is 5.56 Å². The second-order valence-electron chi connectivity index (χ2n) is 8.14. The molecule has 7 heteroatoms. The fourth-order valence-electron chi connectivity index (χ4n) is 4.13. The van der Waals surface area contributed by atoms with Gasteiger partial charge in [0.2, 0.25) is 0 Å². The van der Waals surface area contributed by atoms with Gasteiger partial charge < -0.3 is 10.2 Å². The van der Waals surface area contributed by atoms with Crippen LogP contribution in [-0.2, 0) is 13.5 Å². The van der Waals surface area contributed by atoms with E-state index in [0.717, 1.165) is 10.0 Å². The van der Waals surface area contributed by atoms with E-state index in [-0.39, 0.29) is 17.6 Å². The molecule has 1 aromatic heterocycles. The van der Waals surface area contributed by atoms with Gasteiger partial charge in [-0.15, -0.1) is 0 Å². The Hall–Kier alpha value is -3.45. The van der Waals surface area contributed by atoms with Gasteiger partial charge >= 0.3 is 6.03 Å². The summed E-state index contributed by atoms with van der Waals surface area (Å²) >= 11 is 3.46. The molecule has 174 valence electrons. The minimum absolute atomic E-state index is 0.116. The molecule has 0 spiro atoms. The van der Waals surface area contributed by atoms with Gasteiger partial charge in [-0.3, -0.25) is 9.36 Å². The van der Waals surface area contributed by atoms with Crippen LogP contribution in [0.2, 0.25) is 0 Å². The summed E-state index contributed by atoms with van der Waals surface area (Å²) in [7, 11) is 1.72. The van der Waals surface area contributed by atoms with Gasteiger partial charge in [0.05, 0.1) is 16.9 Å². The molecule has 0 saturated heterocycles. The van der Waals surface area contributed by atoms with E-state index in [1.165, 1.54) is 0 Å². The second kappa shape index (κ2) is 10.7. The van der Waals surface area contributed by atoms with Crippen molar-refractivity contribution in [1.82, 2.24) is 14.5 Å². The molecule has 0 radical (unpaired) electrons. The van der Waals surface area contributed by atoms with Gasteiger partial charge in [0.1, 0.15) is 5.82 Å². The molecule has 1 N–H and O–H groups in total. The monoisotopic (exact) mass is 518 g/mol. The summed E-state index contributed by atoms with van der Waals surface area (Å²) in [6.07, 6.45) is 1.30. The highest BCUT2D eigenvalue weighted by Crippen LogP contribution is 2.25. The number of nitrogens with zero attached hydrogens (tertiary/aromatic N) is 3. The predicted molar refractivity (Wildman–Crippen MR) is 140 cm³/mol. The normalized spacial score (nSPS) is 11.9. The van der Waals surface area contributed by atoms with Gasteiger partial charge in [0.15, 0.2) is 0 Å². The molecular weight excluding hydrogens is 492 g/mol. The molecule has 2 amide bonds. The Labute approximate surface area is 207 Å². The van der Waals surface area contributed by atoms with Crippen LogP contribution in [0.4, 0.5) is 10.5 Å². The lowest BCUT2D eigenvalue weighted by Gasteiger charge is -2.32. The van der Waals surface area contributed by atoms with E-state index < -0.39 is 0 Å². The van der Waals surface area contributed by atoms with Crippen LogP contribution in [-0.4, -0.2) is 27.0 Å². The number of carbonyl (C=O) groups is 1. The quantitative estimate of drug-likeness (QED) is 0.330. The number of hydrogen-bond donors (Lipinski definition) is 1. The third kappa shape index (κ3) is 5.20. The Kier molecular flexibility index (Phi) is 7.43. The third-order valence-electron chi connectivity index (χ3n) is 5.90. The Morgan fingerprint density at radius 3 is 2.53 bits per heavy atom. The van der Waals surface area contributed by atoms with Crippen molar-refractivity contribution < 1.29 is 4.79 Å². The number of benzene rings is 3. The van der Waals surface area contributed by atoms with Gasteiger partial charge in [-0.05, 0) is 48.7 Å². The topological polar surface area (TPSA) is 67.2 Å². The minimum Gasteiger partial charge on any atom is -0.314 e. The van der Waals surface area contributed by atoms with Crippen LogP contribution in [0.3, 0.4) is 0 Å². The largest absolute Gasteiger partial charge is 0.322 e. The summed E-state index contributed by atoms with van der Waals surface area (Å²) < 4.78 is 2.45. The zero-order valence-electron chi connectivity index (χ0n) is 19.2. The van der Waals surface area contributed by atoms with E-state index in [1.54, 1.807) is 22.6 Å². The Morgan fingerprint density at radius 1 is 1.06 bits per heavy atom. The molecule has 0 aliphatic heterocycles. The van der Waals surface area contributed by atoms with Crippen LogP contribution in [0.15, 0.2) is 88.1 Å². The summed E-state index contributed by atoms with van der Waals surface area (Å²) in [6, 6.07) is 24.3. The van der Waals surface area contributed by atoms with E-state index in [0.29, 0.717) is 41.8 Å². The molecule has 0 saturated carbocycles. The molecule has 1 heterocycles. The number of amides is 2. The maximum absolute atomic E-state index is 13.6. The molecule has 1 unspecified atom stereocenters. The lowest BCUT2D eigenvalue weighted by Crippen LogP contribution is -2.41. The standard InChI is InChI=1S/C27H27BrN4O2/c1-3-24(25-30-23-15-8-7-14-22(23)26(33)31(25)2)32(17-16-19-10-5-4-6-11-19)27(34)29-21-13-9-12-20(28)18-21/h4-15,18,24H,3,16-17H2,1-2H3,(H,29,34). The highest BCUT2D eigenvalue weighted by Gasteiger charge is 2.28. The number of rotatable bonds is 7. The molecule has 4 aromatic rings. The predicted octanol–water partition coefficient (Wildman–Crippen LogP) is 5.92. The number of carbonyl (C=O) groups excluding carboxylic acids is 1. The van der Waals surface area contributed by atoms with Crippen LogP contribution in [0, 0.1) is 0 Å². The number of hydrogen-bond acceptors (Lipinski definition) is 3. The van der Waals surface area contributed by atoms with Gasteiger partial charge in [-0.2, -0.15) is 0 Å². The van der Waals surface area contributed by atoms with E-state index >= 15 is 0 Å². The first-order chi connectivity index (χ1) is 16.5. The van der Waals surface area contributed by atoms with Crippen LogP contribution in [0.25, 0.3) is 10.9 Å². The van der Waals surface area contributed by atoms with Gasteiger partial charge in [-0.25, -0.2) is 9.78 Å². The Balaban J connectivity index is 1.72. The SMILES string of the molecule is CCC(c1nc2ccccc2c(=O)n1C)N(CCc1ccccc1)C(=O)Nc1cccc(Br)c1. The first-order valence-corrected chi connectivity index (χ1v) is 12.1. The lowest BCUT2D eigenvalue weighted by molar-refractivity contribution is 0.181. The summed E-state index contributed by atoms with van der Waals surface area (Å²) in [5.41, 5.74) is 2.35. The molecule has 34 heavy (non-hydrogen) atoms. The molecule has 6 nitrogen and oxygen atoms in total. The molecule has 0 aliphatic carbocycles. The summed E-state index contributed by atoms with van der Waals surface area (Å²) in [4.78, 5) is 33.2. The molecule has 3 aromatic carbocycles. The number of aromatic nitrogens is 2. The lowest BCUT2D eigenvalue weighted by atomic mass is 10.1. The zero-order chi connectivity index (χ0) is 24.1. The van der Waals surface area contributed by atoms with Crippen molar-refractivity contribution in [3.63, 3.8) is 0 Å². The molecule has 0 bridgehead atoms. The average molecular weight is 519 g/mol. The minimum atomic E-state index is -0.377. The smallest absolute Gasteiger partial charge is 0.314 e. The second-order valence-corrected chi connectivity index (χ2v) is 9.06. The number of halogens is 1. The van der Waals surface area contributed by atoms with E-state index in [4.69, 9.17) is 4.98 Å². The average Bonchev–Trinajstić information content (AvgIpc) is 2.85. The maximum Gasteiger partial charge on any atom is 0.322 e.